The largest absolute Gasteiger partial charge is 0.295 e. The van der Waals surface area contributed by atoms with E-state index in [4.69, 9.17) is 31.0 Å². The first-order valence-electron chi connectivity index (χ1n) is 3.33. The van der Waals surface area contributed by atoms with Gasteiger partial charge in [0.25, 0.3) is 0 Å². The molecule has 1 aromatic rings. The van der Waals surface area contributed by atoms with Gasteiger partial charge in [-0.15, -0.1) is 0 Å². The zero-order valence-electron chi connectivity index (χ0n) is 6.18. The second kappa shape index (κ2) is 3.97. The highest BCUT2D eigenvalue weighted by Crippen LogP contribution is 2.22. The van der Waals surface area contributed by atoms with Crippen LogP contribution in [0.1, 0.15) is 10.4 Å². The molecule has 4 heteroatoms. The van der Waals surface area contributed by atoms with Crippen LogP contribution in [0.3, 0.4) is 0 Å². The Labute approximate surface area is 82.1 Å². The van der Waals surface area contributed by atoms with Gasteiger partial charge in [0.15, 0.2) is 5.78 Å². The van der Waals surface area contributed by atoms with Crippen molar-refractivity contribution < 1.29 is 4.79 Å². The van der Waals surface area contributed by atoms with E-state index in [9.17, 15) is 4.79 Å². The van der Waals surface area contributed by atoms with Crippen LogP contribution in [0.2, 0.25) is 16.4 Å². The summed E-state index contributed by atoms with van der Waals surface area (Å²) in [7, 11) is 5.17. The quantitative estimate of drug-likeness (QED) is 0.528. The molecule has 0 aliphatic rings. The van der Waals surface area contributed by atoms with E-state index in [0.29, 0.717) is 15.6 Å². The van der Waals surface area contributed by atoms with Gasteiger partial charge < -0.3 is 0 Å². The first kappa shape index (κ1) is 9.62. The fourth-order valence-corrected chi connectivity index (χ4v) is 1.09. The number of benzene rings is 1. The number of rotatable bonds is 2. The molecule has 0 heterocycles. The van der Waals surface area contributed by atoms with Crippen LogP contribution in [0.15, 0.2) is 18.2 Å². The molecule has 0 fully saturated rings. The van der Waals surface area contributed by atoms with Crippen molar-refractivity contribution in [1.29, 1.82) is 0 Å². The van der Waals surface area contributed by atoms with Crippen molar-refractivity contribution in [2.24, 2.45) is 0 Å². The standard InChI is InChI=1S/C8H5BCl2O/c9-4-8(12)5-1-2-6(10)7(11)3-5/h1-3H,4H2. The molecule has 60 valence electrons. The van der Waals surface area contributed by atoms with Gasteiger partial charge >= 0.3 is 0 Å². The number of halogens is 2. The third kappa shape index (κ3) is 2.02. The van der Waals surface area contributed by atoms with Crippen molar-refractivity contribution in [3.05, 3.63) is 33.8 Å². The number of Topliss-reactive ketones (excluding diaryl/α,β-unsaturated/α-hetero) is 1. The molecule has 2 radical (unpaired) electrons. The number of carbonyl (C=O) groups excluding carboxylic acids is 1. The van der Waals surface area contributed by atoms with Crippen molar-refractivity contribution >= 4 is 36.8 Å². The van der Waals surface area contributed by atoms with Gasteiger partial charge in [-0.1, -0.05) is 23.2 Å². The molecule has 0 atom stereocenters. The van der Waals surface area contributed by atoms with Crippen molar-refractivity contribution in [2.75, 3.05) is 0 Å². The molecule has 1 rings (SSSR count). The van der Waals surface area contributed by atoms with Crippen molar-refractivity contribution in [1.82, 2.24) is 0 Å². The third-order valence-electron chi connectivity index (χ3n) is 1.43. The Morgan fingerprint density at radius 2 is 2.00 bits per heavy atom. The molecular formula is C8H5BCl2O. The third-order valence-corrected chi connectivity index (χ3v) is 2.17. The molecule has 0 aliphatic carbocycles. The summed E-state index contributed by atoms with van der Waals surface area (Å²) in [4.78, 5) is 11.1. The van der Waals surface area contributed by atoms with Crippen molar-refractivity contribution in [3.8, 4) is 0 Å². The minimum Gasteiger partial charge on any atom is -0.295 e. The minimum atomic E-state index is -0.145. The van der Waals surface area contributed by atoms with Gasteiger partial charge in [0.05, 0.1) is 17.9 Å². The number of carbonyl (C=O) groups is 1. The summed E-state index contributed by atoms with van der Waals surface area (Å²) in [6, 6.07) is 4.69. The van der Waals surface area contributed by atoms with E-state index >= 15 is 0 Å². The van der Waals surface area contributed by atoms with E-state index in [1.54, 1.807) is 12.1 Å². The normalized spacial score (nSPS) is 9.83. The Kier molecular flexibility index (Phi) is 3.18. The van der Waals surface area contributed by atoms with Crippen molar-refractivity contribution in [2.45, 2.75) is 6.32 Å². The Morgan fingerprint density at radius 1 is 1.33 bits per heavy atom. The molecule has 0 N–H and O–H groups in total. The first-order chi connectivity index (χ1) is 5.65. The molecule has 0 saturated heterocycles. The SMILES string of the molecule is [B]CC(=O)c1ccc(Cl)c(Cl)c1. The molecule has 0 unspecified atom stereocenters. The summed E-state index contributed by atoms with van der Waals surface area (Å²) in [6.07, 6.45) is -0.0159. The molecule has 1 aromatic carbocycles. The van der Waals surface area contributed by atoms with Gasteiger partial charge in [0, 0.05) is 5.56 Å². The van der Waals surface area contributed by atoms with Crippen LogP contribution >= 0.6 is 23.2 Å². The van der Waals surface area contributed by atoms with E-state index in [1.807, 2.05) is 0 Å². The molecule has 0 spiro atoms. The molecule has 0 saturated carbocycles. The smallest absolute Gasteiger partial charge is 0.154 e. The van der Waals surface area contributed by atoms with Gasteiger partial charge in [-0.3, -0.25) is 4.79 Å². The van der Waals surface area contributed by atoms with Crippen LogP contribution in [0, 0.1) is 0 Å². The van der Waals surface area contributed by atoms with Crippen LogP contribution < -0.4 is 0 Å². The van der Waals surface area contributed by atoms with Gasteiger partial charge in [-0.2, -0.15) is 0 Å². The number of hydrogen-bond acceptors (Lipinski definition) is 1. The topological polar surface area (TPSA) is 17.1 Å². The van der Waals surface area contributed by atoms with Gasteiger partial charge in [-0.05, 0) is 24.5 Å². The van der Waals surface area contributed by atoms with E-state index in [1.165, 1.54) is 6.07 Å². The highest BCUT2D eigenvalue weighted by Gasteiger charge is 2.04. The fraction of sp³-hybridized carbons (Fsp3) is 0.125. The summed E-state index contributed by atoms with van der Waals surface area (Å²) < 4.78 is 0. The lowest BCUT2D eigenvalue weighted by atomic mass is 9.96. The van der Waals surface area contributed by atoms with Gasteiger partial charge in [-0.25, -0.2) is 0 Å². The fourth-order valence-electron chi connectivity index (χ4n) is 0.787. The number of ketones is 1. The van der Waals surface area contributed by atoms with E-state index in [0.717, 1.165) is 0 Å². The number of hydrogen-bond donors (Lipinski definition) is 0. The monoisotopic (exact) mass is 198 g/mol. The van der Waals surface area contributed by atoms with Crippen molar-refractivity contribution in [3.63, 3.8) is 0 Å². The van der Waals surface area contributed by atoms with E-state index in [2.05, 4.69) is 0 Å². The molecule has 0 aliphatic heterocycles. The molecule has 0 bridgehead atoms. The maximum Gasteiger partial charge on any atom is 0.154 e. The molecule has 12 heavy (non-hydrogen) atoms. The average Bonchev–Trinajstić information content (AvgIpc) is 2.08. The lowest BCUT2D eigenvalue weighted by Gasteiger charge is -1.99. The molecular weight excluding hydrogens is 194 g/mol. The van der Waals surface area contributed by atoms with Crippen LogP contribution in [0.4, 0.5) is 0 Å². The maximum absolute atomic E-state index is 11.1. The summed E-state index contributed by atoms with van der Waals surface area (Å²) in [6.45, 7) is 0. The van der Waals surface area contributed by atoms with Crippen LogP contribution in [-0.2, 0) is 0 Å². The predicted molar refractivity (Wildman–Crippen MR) is 51.4 cm³/mol. The maximum atomic E-state index is 11.1. The summed E-state index contributed by atoms with van der Waals surface area (Å²) in [5.41, 5.74) is 0.493. The molecule has 1 nitrogen and oxygen atoms in total. The van der Waals surface area contributed by atoms with Gasteiger partial charge in [0.1, 0.15) is 0 Å². The summed E-state index contributed by atoms with van der Waals surface area (Å²) in [5.74, 6) is -0.145. The van der Waals surface area contributed by atoms with E-state index < -0.39 is 0 Å². The zero-order valence-corrected chi connectivity index (χ0v) is 7.69. The molecule has 0 aromatic heterocycles. The second-order valence-electron chi connectivity index (χ2n) is 2.26. The van der Waals surface area contributed by atoms with Crippen LogP contribution in [0.5, 0.6) is 0 Å². The van der Waals surface area contributed by atoms with E-state index in [-0.39, 0.29) is 12.1 Å². The lowest BCUT2D eigenvalue weighted by Crippen LogP contribution is -1.96. The highest BCUT2D eigenvalue weighted by molar-refractivity contribution is 6.42. The Balaban J connectivity index is 3.05. The predicted octanol–water partition coefficient (Wildman–Crippen LogP) is 2.76. The highest BCUT2D eigenvalue weighted by atomic mass is 35.5. The Bertz CT molecular complexity index is 312. The average molecular weight is 199 g/mol. The summed E-state index contributed by atoms with van der Waals surface area (Å²) >= 11 is 11.3. The molecule has 0 amide bonds. The summed E-state index contributed by atoms with van der Waals surface area (Å²) in [5, 5.41) is 0.807. The first-order valence-corrected chi connectivity index (χ1v) is 4.09. The van der Waals surface area contributed by atoms with Crippen LogP contribution in [0.25, 0.3) is 0 Å². The van der Waals surface area contributed by atoms with Gasteiger partial charge in [0.2, 0.25) is 0 Å². The zero-order chi connectivity index (χ0) is 9.14. The minimum absolute atomic E-state index is 0.0159. The second-order valence-corrected chi connectivity index (χ2v) is 3.07. The Hall–Kier alpha value is -0.465. The lowest BCUT2D eigenvalue weighted by molar-refractivity contribution is 0.101. The Morgan fingerprint density at radius 3 is 2.50 bits per heavy atom. The van der Waals surface area contributed by atoms with Crippen LogP contribution in [-0.4, -0.2) is 13.6 Å².